The van der Waals surface area contributed by atoms with Gasteiger partial charge in [0.15, 0.2) is 5.79 Å². The van der Waals surface area contributed by atoms with Crippen molar-refractivity contribution in [1.29, 1.82) is 0 Å². The minimum atomic E-state index is -0.451. The molecule has 0 bridgehead atoms. The van der Waals surface area contributed by atoms with Gasteiger partial charge in [-0.05, 0) is 19.3 Å². The molecule has 1 atom stereocenters. The zero-order chi connectivity index (χ0) is 13.2. The first kappa shape index (κ1) is 13.8. The standard InChI is InChI=1S/C15H24O3/c1-4-7-12(16)14(2,3)13-8-11-17-15(18-13)9-5-6-10-15/h4,13H,1,5-11H2,2-3H3. The van der Waals surface area contributed by atoms with Crippen molar-refractivity contribution in [1.82, 2.24) is 0 Å². The summed E-state index contributed by atoms with van der Waals surface area (Å²) in [6.07, 6.45) is 7.12. The van der Waals surface area contributed by atoms with Gasteiger partial charge in [-0.25, -0.2) is 0 Å². The SMILES string of the molecule is C=CCC(=O)C(C)(C)C1CCOC2(CCCC2)O1. The van der Waals surface area contributed by atoms with E-state index >= 15 is 0 Å². The lowest BCUT2D eigenvalue weighted by Gasteiger charge is -2.44. The van der Waals surface area contributed by atoms with Crippen LogP contribution in [0.3, 0.4) is 0 Å². The highest BCUT2D eigenvalue weighted by molar-refractivity contribution is 5.85. The Kier molecular flexibility index (Phi) is 3.93. The monoisotopic (exact) mass is 252 g/mol. The van der Waals surface area contributed by atoms with E-state index in [1.807, 2.05) is 13.8 Å². The Hall–Kier alpha value is -0.670. The van der Waals surface area contributed by atoms with Crippen LogP contribution in [0.15, 0.2) is 12.7 Å². The zero-order valence-electron chi connectivity index (χ0n) is 11.5. The first-order chi connectivity index (χ1) is 8.50. The molecule has 3 heteroatoms. The van der Waals surface area contributed by atoms with Crippen molar-refractivity contribution < 1.29 is 14.3 Å². The highest BCUT2D eigenvalue weighted by Gasteiger charge is 2.47. The second-order valence-electron chi connectivity index (χ2n) is 6.00. The van der Waals surface area contributed by atoms with Crippen molar-refractivity contribution in [3.8, 4) is 0 Å². The topological polar surface area (TPSA) is 35.5 Å². The molecule has 1 aliphatic carbocycles. The van der Waals surface area contributed by atoms with Crippen molar-refractivity contribution in [2.24, 2.45) is 5.41 Å². The van der Waals surface area contributed by atoms with Gasteiger partial charge in [-0.1, -0.05) is 19.9 Å². The average molecular weight is 252 g/mol. The number of carbonyl (C=O) groups is 1. The number of ketones is 1. The summed E-state index contributed by atoms with van der Waals surface area (Å²) in [4.78, 5) is 12.2. The van der Waals surface area contributed by atoms with Gasteiger partial charge in [-0.15, -0.1) is 6.58 Å². The lowest BCUT2D eigenvalue weighted by molar-refractivity contribution is -0.303. The fourth-order valence-electron chi connectivity index (χ4n) is 2.96. The maximum atomic E-state index is 12.2. The summed E-state index contributed by atoms with van der Waals surface area (Å²) < 4.78 is 12.0. The molecule has 1 saturated heterocycles. The molecular formula is C15H24O3. The predicted molar refractivity (Wildman–Crippen MR) is 70.2 cm³/mol. The summed E-state index contributed by atoms with van der Waals surface area (Å²) in [6.45, 7) is 8.31. The zero-order valence-corrected chi connectivity index (χ0v) is 11.5. The molecule has 0 aromatic rings. The van der Waals surface area contributed by atoms with Gasteiger partial charge in [0.1, 0.15) is 5.78 Å². The Morgan fingerprint density at radius 2 is 2.11 bits per heavy atom. The normalized spacial score (nSPS) is 27.3. The van der Waals surface area contributed by atoms with Crippen LogP contribution < -0.4 is 0 Å². The third-order valence-electron chi connectivity index (χ3n) is 4.32. The van der Waals surface area contributed by atoms with E-state index in [0.29, 0.717) is 13.0 Å². The van der Waals surface area contributed by atoms with Gasteiger partial charge in [0.25, 0.3) is 0 Å². The molecule has 1 spiro atoms. The van der Waals surface area contributed by atoms with E-state index in [1.165, 1.54) is 0 Å². The first-order valence-corrected chi connectivity index (χ1v) is 6.96. The maximum Gasteiger partial charge on any atom is 0.168 e. The van der Waals surface area contributed by atoms with Crippen molar-refractivity contribution in [3.05, 3.63) is 12.7 Å². The van der Waals surface area contributed by atoms with Crippen LogP contribution in [0.4, 0.5) is 0 Å². The average Bonchev–Trinajstić information content (AvgIpc) is 2.77. The van der Waals surface area contributed by atoms with E-state index in [1.54, 1.807) is 6.08 Å². The summed E-state index contributed by atoms with van der Waals surface area (Å²) in [5.74, 6) is -0.188. The molecule has 1 aliphatic heterocycles. The van der Waals surface area contributed by atoms with E-state index in [-0.39, 0.29) is 11.9 Å². The van der Waals surface area contributed by atoms with Gasteiger partial charge in [-0.2, -0.15) is 0 Å². The Balaban J connectivity index is 2.07. The van der Waals surface area contributed by atoms with Crippen LogP contribution >= 0.6 is 0 Å². The van der Waals surface area contributed by atoms with Crippen LogP contribution in [0, 0.1) is 5.41 Å². The number of rotatable bonds is 4. The van der Waals surface area contributed by atoms with Crippen LogP contribution in [0.5, 0.6) is 0 Å². The molecule has 1 unspecified atom stereocenters. The van der Waals surface area contributed by atoms with Crippen LogP contribution in [0.25, 0.3) is 0 Å². The fourth-order valence-corrected chi connectivity index (χ4v) is 2.96. The lowest BCUT2D eigenvalue weighted by Crippen LogP contribution is -2.50. The van der Waals surface area contributed by atoms with Gasteiger partial charge in [0.05, 0.1) is 18.1 Å². The molecule has 0 aromatic carbocycles. The quantitative estimate of drug-likeness (QED) is 0.721. The lowest BCUT2D eigenvalue weighted by atomic mass is 9.78. The number of allylic oxidation sites excluding steroid dienone is 1. The molecule has 2 rings (SSSR count). The second-order valence-corrected chi connectivity index (χ2v) is 6.00. The van der Waals surface area contributed by atoms with Gasteiger partial charge in [0.2, 0.25) is 0 Å². The molecule has 2 fully saturated rings. The number of Topliss-reactive ketones (excluding diaryl/α,β-unsaturated/α-hetero) is 1. The molecule has 3 nitrogen and oxygen atoms in total. The molecule has 102 valence electrons. The molecule has 18 heavy (non-hydrogen) atoms. The molecule has 2 aliphatic rings. The van der Waals surface area contributed by atoms with Gasteiger partial charge in [0, 0.05) is 19.3 Å². The van der Waals surface area contributed by atoms with Crippen LogP contribution in [-0.2, 0) is 14.3 Å². The molecular weight excluding hydrogens is 228 g/mol. The molecule has 0 amide bonds. The van der Waals surface area contributed by atoms with Crippen molar-refractivity contribution in [2.75, 3.05) is 6.61 Å². The summed E-state index contributed by atoms with van der Waals surface area (Å²) in [5, 5.41) is 0. The van der Waals surface area contributed by atoms with Gasteiger partial charge in [-0.3, -0.25) is 4.79 Å². The number of hydrogen-bond donors (Lipinski definition) is 0. The van der Waals surface area contributed by atoms with E-state index in [2.05, 4.69) is 6.58 Å². The first-order valence-electron chi connectivity index (χ1n) is 6.96. The third kappa shape index (κ3) is 2.52. The smallest absolute Gasteiger partial charge is 0.168 e. The molecule has 0 aromatic heterocycles. The van der Waals surface area contributed by atoms with Crippen LogP contribution in [-0.4, -0.2) is 24.3 Å². The van der Waals surface area contributed by atoms with Gasteiger partial charge < -0.3 is 9.47 Å². The van der Waals surface area contributed by atoms with Crippen molar-refractivity contribution in [3.63, 3.8) is 0 Å². The van der Waals surface area contributed by atoms with E-state index in [0.717, 1.165) is 32.1 Å². The third-order valence-corrected chi connectivity index (χ3v) is 4.32. The second kappa shape index (κ2) is 5.14. The summed E-state index contributed by atoms with van der Waals surface area (Å²) in [7, 11) is 0. The molecule has 0 radical (unpaired) electrons. The van der Waals surface area contributed by atoms with E-state index in [9.17, 15) is 4.79 Å². The van der Waals surface area contributed by atoms with Gasteiger partial charge >= 0.3 is 0 Å². The number of hydrogen-bond acceptors (Lipinski definition) is 3. The Bertz CT molecular complexity index is 327. The Labute approximate surface area is 110 Å². The van der Waals surface area contributed by atoms with Crippen LogP contribution in [0.2, 0.25) is 0 Å². The summed E-state index contributed by atoms with van der Waals surface area (Å²) >= 11 is 0. The highest BCUT2D eigenvalue weighted by atomic mass is 16.7. The highest BCUT2D eigenvalue weighted by Crippen LogP contribution is 2.42. The summed E-state index contributed by atoms with van der Waals surface area (Å²) in [6, 6.07) is 0. The molecule has 1 heterocycles. The number of ether oxygens (including phenoxy) is 2. The van der Waals surface area contributed by atoms with Crippen molar-refractivity contribution >= 4 is 5.78 Å². The Morgan fingerprint density at radius 3 is 2.72 bits per heavy atom. The predicted octanol–water partition coefficient (Wildman–Crippen LogP) is 3.23. The molecule has 0 N–H and O–H groups in total. The minimum Gasteiger partial charge on any atom is -0.350 e. The Morgan fingerprint density at radius 1 is 1.44 bits per heavy atom. The van der Waals surface area contributed by atoms with Crippen LogP contribution in [0.1, 0.15) is 52.4 Å². The largest absolute Gasteiger partial charge is 0.350 e. The van der Waals surface area contributed by atoms with E-state index < -0.39 is 11.2 Å². The minimum absolute atomic E-state index is 0.0307. The fraction of sp³-hybridized carbons (Fsp3) is 0.800. The molecule has 1 saturated carbocycles. The number of carbonyl (C=O) groups excluding carboxylic acids is 1. The van der Waals surface area contributed by atoms with E-state index in [4.69, 9.17) is 9.47 Å². The maximum absolute atomic E-state index is 12.2. The summed E-state index contributed by atoms with van der Waals surface area (Å²) in [5.41, 5.74) is -0.451. The van der Waals surface area contributed by atoms with Crippen molar-refractivity contribution in [2.45, 2.75) is 64.3 Å².